The summed E-state index contributed by atoms with van der Waals surface area (Å²) in [6.45, 7) is 6.34. The largest absolute Gasteiger partial charge is 0.378 e. The van der Waals surface area contributed by atoms with Gasteiger partial charge in [-0.2, -0.15) is 0 Å². The van der Waals surface area contributed by atoms with Gasteiger partial charge in [-0.15, -0.1) is 0 Å². The maximum Gasteiger partial charge on any atom is 0.244 e. The minimum Gasteiger partial charge on any atom is -0.378 e. The van der Waals surface area contributed by atoms with Crippen molar-refractivity contribution in [1.29, 1.82) is 0 Å². The third-order valence-corrected chi connectivity index (χ3v) is 4.56. The SMILES string of the molecule is CC(=O)N(CC(=O)Nc1ccccc1N1CCOCC1)c1ccc(C)cc1. The first-order valence-electron chi connectivity index (χ1n) is 9.11. The lowest BCUT2D eigenvalue weighted by molar-refractivity contribution is -0.120. The number of anilines is 3. The van der Waals surface area contributed by atoms with Crippen molar-refractivity contribution in [2.75, 3.05) is 48.0 Å². The molecule has 0 spiro atoms. The average Bonchev–Trinajstić information content (AvgIpc) is 2.68. The summed E-state index contributed by atoms with van der Waals surface area (Å²) in [4.78, 5) is 28.4. The van der Waals surface area contributed by atoms with Gasteiger partial charge in [-0.25, -0.2) is 0 Å². The van der Waals surface area contributed by atoms with Gasteiger partial charge in [0.05, 0.1) is 24.6 Å². The molecule has 1 aliphatic rings. The molecule has 1 saturated heterocycles. The first-order chi connectivity index (χ1) is 13.0. The van der Waals surface area contributed by atoms with Crippen LogP contribution in [0.1, 0.15) is 12.5 Å². The van der Waals surface area contributed by atoms with E-state index in [1.807, 2.05) is 55.5 Å². The van der Waals surface area contributed by atoms with Gasteiger partial charge in [0.1, 0.15) is 6.54 Å². The number of carbonyl (C=O) groups is 2. The summed E-state index contributed by atoms with van der Waals surface area (Å²) in [5, 5.41) is 2.96. The van der Waals surface area contributed by atoms with E-state index >= 15 is 0 Å². The fourth-order valence-electron chi connectivity index (χ4n) is 3.10. The van der Waals surface area contributed by atoms with E-state index in [0.29, 0.717) is 18.9 Å². The van der Waals surface area contributed by atoms with Gasteiger partial charge in [0, 0.05) is 25.7 Å². The van der Waals surface area contributed by atoms with Crippen molar-refractivity contribution < 1.29 is 14.3 Å². The van der Waals surface area contributed by atoms with Gasteiger partial charge in [0.2, 0.25) is 11.8 Å². The Hall–Kier alpha value is -2.86. The van der Waals surface area contributed by atoms with Crippen molar-refractivity contribution in [3.8, 4) is 0 Å². The number of amides is 2. The molecule has 1 fully saturated rings. The maximum atomic E-state index is 12.7. The Labute approximate surface area is 159 Å². The Balaban J connectivity index is 1.73. The molecular formula is C21H25N3O3. The highest BCUT2D eigenvalue weighted by molar-refractivity contribution is 6.03. The Morgan fingerprint density at radius 3 is 2.41 bits per heavy atom. The molecule has 1 N–H and O–H groups in total. The Morgan fingerprint density at radius 2 is 1.74 bits per heavy atom. The minimum atomic E-state index is -0.230. The van der Waals surface area contributed by atoms with Crippen molar-refractivity contribution in [2.45, 2.75) is 13.8 Å². The van der Waals surface area contributed by atoms with Crippen LogP contribution in [-0.4, -0.2) is 44.7 Å². The van der Waals surface area contributed by atoms with Crippen LogP contribution in [0.25, 0.3) is 0 Å². The van der Waals surface area contributed by atoms with E-state index in [9.17, 15) is 9.59 Å². The summed E-state index contributed by atoms with van der Waals surface area (Å²) in [6, 6.07) is 15.3. The van der Waals surface area contributed by atoms with E-state index in [1.54, 1.807) is 0 Å². The number of aryl methyl sites for hydroxylation is 1. The molecule has 1 aliphatic heterocycles. The number of rotatable bonds is 5. The van der Waals surface area contributed by atoms with Crippen LogP contribution in [0.3, 0.4) is 0 Å². The van der Waals surface area contributed by atoms with E-state index < -0.39 is 0 Å². The van der Waals surface area contributed by atoms with Crippen molar-refractivity contribution in [2.24, 2.45) is 0 Å². The summed E-state index contributed by atoms with van der Waals surface area (Å²) >= 11 is 0. The highest BCUT2D eigenvalue weighted by atomic mass is 16.5. The zero-order valence-electron chi connectivity index (χ0n) is 15.8. The molecule has 2 aromatic rings. The van der Waals surface area contributed by atoms with Gasteiger partial charge in [-0.3, -0.25) is 9.59 Å². The van der Waals surface area contributed by atoms with Crippen LogP contribution in [0.4, 0.5) is 17.1 Å². The summed E-state index contributed by atoms with van der Waals surface area (Å²) in [6.07, 6.45) is 0. The standard InChI is InChI=1S/C21H25N3O3/c1-16-7-9-18(10-8-16)24(17(2)25)15-21(26)22-19-5-3-4-6-20(19)23-11-13-27-14-12-23/h3-10H,11-15H2,1-2H3,(H,22,26). The number of para-hydroxylation sites is 2. The van der Waals surface area contributed by atoms with Gasteiger partial charge in [0.15, 0.2) is 0 Å². The van der Waals surface area contributed by atoms with Crippen LogP contribution >= 0.6 is 0 Å². The number of morpholine rings is 1. The van der Waals surface area contributed by atoms with Gasteiger partial charge in [0.25, 0.3) is 0 Å². The van der Waals surface area contributed by atoms with Crippen LogP contribution in [-0.2, 0) is 14.3 Å². The van der Waals surface area contributed by atoms with Crippen LogP contribution in [0, 0.1) is 6.92 Å². The van der Waals surface area contributed by atoms with Crippen LogP contribution in [0.5, 0.6) is 0 Å². The van der Waals surface area contributed by atoms with Gasteiger partial charge in [-0.1, -0.05) is 29.8 Å². The average molecular weight is 367 g/mol. The maximum absolute atomic E-state index is 12.7. The molecule has 3 rings (SSSR count). The molecule has 6 heteroatoms. The third kappa shape index (κ3) is 4.86. The van der Waals surface area contributed by atoms with Gasteiger partial charge in [-0.05, 0) is 31.2 Å². The molecule has 0 saturated carbocycles. The number of benzene rings is 2. The smallest absolute Gasteiger partial charge is 0.244 e. The molecule has 0 atom stereocenters. The molecule has 0 aliphatic carbocycles. The first kappa shape index (κ1) is 18.9. The Kier molecular flexibility index (Phi) is 6.08. The monoisotopic (exact) mass is 367 g/mol. The quantitative estimate of drug-likeness (QED) is 0.883. The number of ether oxygens (including phenoxy) is 1. The summed E-state index contributed by atoms with van der Waals surface area (Å²) in [5.74, 6) is -0.401. The second kappa shape index (κ2) is 8.68. The van der Waals surface area contributed by atoms with E-state index in [0.717, 1.165) is 30.0 Å². The predicted octanol–water partition coefficient (Wildman–Crippen LogP) is 2.82. The van der Waals surface area contributed by atoms with Crippen LogP contribution in [0.15, 0.2) is 48.5 Å². The molecular weight excluding hydrogens is 342 g/mol. The van der Waals surface area contributed by atoms with Crippen molar-refractivity contribution in [3.63, 3.8) is 0 Å². The van der Waals surface area contributed by atoms with Crippen LogP contribution in [0.2, 0.25) is 0 Å². The highest BCUT2D eigenvalue weighted by Gasteiger charge is 2.19. The fraction of sp³-hybridized carbons (Fsp3) is 0.333. The number of hydrogen-bond donors (Lipinski definition) is 1. The Morgan fingerprint density at radius 1 is 1.07 bits per heavy atom. The number of hydrogen-bond acceptors (Lipinski definition) is 4. The molecule has 1 heterocycles. The highest BCUT2D eigenvalue weighted by Crippen LogP contribution is 2.26. The summed E-state index contributed by atoms with van der Waals surface area (Å²) < 4.78 is 5.41. The number of carbonyl (C=O) groups excluding carboxylic acids is 2. The second-order valence-electron chi connectivity index (χ2n) is 6.61. The second-order valence-corrected chi connectivity index (χ2v) is 6.61. The molecule has 0 aromatic heterocycles. The van der Waals surface area contributed by atoms with E-state index in [2.05, 4.69) is 10.2 Å². The lowest BCUT2D eigenvalue weighted by Gasteiger charge is -2.30. The summed E-state index contributed by atoms with van der Waals surface area (Å²) in [5.41, 5.74) is 3.53. The lowest BCUT2D eigenvalue weighted by Crippen LogP contribution is -2.38. The molecule has 0 unspecified atom stereocenters. The molecule has 0 bridgehead atoms. The first-order valence-corrected chi connectivity index (χ1v) is 9.11. The van der Waals surface area contributed by atoms with E-state index in [1.165, 1.54) is 11.8 Å². The fourth-order valence-corrected chi connectivity index (χ4v) is 3.10. The molecule has 6 nitrogen and oxygen atoms in total. The molecule has 2 amide bonds. The van der Waals surface area contributed by atoms with E-state index in [4.69, 9.17) is 4.74 Å². The summed E-state index contributed by atoms with van der Waals surface area (Å²) in [7, 11) is 0. The zero-order valence-corrected chi connectivity index (χ0v) is 15.8. The molecule has 0 radical (unpaired) electrons. The molecule has 27 heavy (non-hydrogen) atoms. The predicted molar refractivity (Wildman–Crippen MR) is 107 cm³/mol. The molecule has 2 aromatic carbocycles. The van der Waals surface area contributed by atoms with Crippen LogP contribution < -0.4 is 15.1 Å². The van der Waals surface area contributed by atoms with Crippen molar-refractivity contribution >= 4 is 28.9 Å². The normalized spacial score (nSPS) is 13.9. The zero-order chi connectivity index (χ0) is 19.2. The topological polar surface area (TPSA) is 61.9 Å². The van der Waals surface area contributed by atoms with Gasteiger partial charge >= 0.3 is 0 Å². The lowest BCUT2D eigenvalue weighted by atomic mass is 10.2. The Bertz CT molecular complexity index is 799. The minimum absolute atomic E-state index is 0.0319. The van der Waals surface area contributed by atoms with Crippen molar-refractivity contribution in [3.05, 3.63) is 54.1 Å². The van der Waals surface area contributed by atoms with Gasteiger partial charge < -0.3 is 19.9 Å². The third-order valence-electron chi connectivity index (χ3n) is 4.56. The molecule has 142 valence electrons. The van der Waals surface area contributed by atoms with E-state index in [-0.39, 0.29) is 18.4 Å². The number of nitrogens with one attached hydrogen (secondary N) is 1. The number of nitrogens with zero attached hydrogens (tertiary/aromatic N) is 2. The van der Waals surface area contributed by atoms with Crippen molar-refractivity contribution in [1.82, 2.24) is 0 Å².